The highest BCUT2D eigenvalue weighted by atomic mass is 35.5. The SMILES string of the molecule is CC1CCCN(C(=O)CCC2CCNC2)CC1.Cl. The Kier molecular flexibility index (Phi) is 7.02. The van der Waals surface area contributed by atoms with Crippen LogP contribution in [-0.4, -0.2) is 37.0 Å². The standard InChI is InChI=1S/C14H26N2O.ClH/c1-12-3-2-9-16(10-7-12)14(17)5-4-13-6-8-15-11-13;/h12-13,15H,2-11H2,1H3;1H. The molecule has 2 heterocycles. The van der Waals surface area contributed by atoms with E-state index >= 15 is 0 Å². The molecule has 4 heteroatoms. The quantitative estimate of drug-likeness (QED) is 0.857. The van der Waals surface area contributed by atoms with E-state index in [1.54, 1.807) is 0 Å². The van der Waals surface area contributed by atoms with E-state index in [1.165, 1.54) is 25.7 Å². The van der Waals surface area contributed by atoms with Crippen molar-refractivity contribution >= 4 is 18.3 Å². The smallest absolute Gasteiger partial charge is 0.222 e. The summed E-state index contributed by atoms with van der Waals surface area (Å²) in [5.74, 6) is 1.93. The molecule has 0 bridgehead atoms. The first-order chi connectivity index (χ1) is 8.25. The first-order valence-corrected chi connectivity index (χ1v) is 7.24. The van der Waals surface area contributed by atoms with Crippen molar-refractivity contribution in [3.63, 3.8) is 0 Å². The van der Waals surface area contributed by atoms with Gasteiger partial charge in [-0.3, -0.25) is 4.79 Å². The monoisotopic (exact) mass is 274 g/mol. The van der Waals surface area contributed by atoms with Crippen LogP contribution >= 0.6 is 12.4 Å². The minimum atomic E-state index is 0. The van der Waals surface area contributed by atoms with Crippen LogP contribution in [0.25, 0.3) is 0 Å². The van der Waals surface area contributed by atoms with Crippen LogP contribution in [0, 0.1) is 11.8 Å². The Bertz CT molecular complexity index is 254. The molecule has 2 aliphatic rings. The molecule has 1 N–H and O–H groups in total. The topological polar surface area (TPSA) is 32.3 Å². The molecular weight excluding hydrogens is 248 g/mol. The Balaban J connectivity index is 0.00000162. The Labute approximate surface area is 117 Å². The van der Waals surface area contributed by atoms with E-state index in [4.69, 9.17) is 0 Å². The summed E-state index contributed by atoms with van der Waals surface area (Å²) in [5, 5.41) is 3.37. The summed E-state index contributed by atoms with van der Waals surface area (Å²) in [6, 6.07) is 0. The normalized spacial score (nSPS) is 28.6. The molecule has 2 atom stereocenters. The molecule has 0 aliphatic carbocycles. The number of carbonyl (C=O) groups excluding carboxylic acids is 1. The number of rotatable bonds is 3. The van der Waals surface area contributed by atoms with Gasteiger partial charge in [-0.25, -0.2) is 0 Å². The van der Waals surface area contributed by atoms with Crippen molar-refractivity contribution in [3.8, 4) is 0 Å². The fourth-order valence-electron chi connectivity index (χ4n) is 2.96. The summed E-state index contributed by atoms with van der Waals surface area (Å²) in [4.78, 5) is 14.2. The Morgan fingerprint density at radius 3 is 2.83 bits per heavy atom. The molecule has 0 saturated carbocycles. The minimum absolute atomic E-state index is 0. The number of nitrogens with zero attached hydrogens (tertiary/aromatic N) is 1. The van der Waals surface area contributed by atoms with Crippen LogP contribution in [0.3, 0.4) is 0 Å². The Hall–Kier alpha value is -0.280. The molecule has 3 nitrogen and oxygen atoms in total. The fraction of sp³-hybridized carbons (Fsp3) is 0.929. The maximum atomic E-state index is 12.1. The number of carbonyl (C=O) groups is 1. The Morgan fingerprint density at radius 2 is 2.11 bits per heavy atom. The molecule has 2 aliphatic heterocycles. The van der Waals surface area contributed by atoms with Gasteiger partial charge in [0.25, 0.3) is 0 Å². The van der Waals surface area contributed by atoms with Gasteiger partial charge in [-0.05, 0) is 57.0 Å². The first-order valence-electron chi connectivity index (χ1n) is 7.24. The molecule has 0 spiro atoms. The van der Waals surface area contributed by atoms with Crippen LogP contribution in [0.2, 0.25) is 0 Å². The number of nitrogens with one attached hydrogen (secondary N) is 1. The second-order valence-electron chi connectivity index (χ2n) is 5.81. The van der Waals surface area contributed by atoms with Gasteiger partial charge in [-0.15, -0.1) is 12.4 Å². The van der Waals surface area contributed by atoms with Gasteiger partial charge < -0.3 is 10.2 Å². The van der Waals surface area contributed by atoms with E-state index < -0.39 is 0 Å². The fourth-order valence-corrected chi connectivity index (χ4v) is 2.96. The second kappa shape index (κ2) is 8.00. The van der Waals surface area contributed by atoms with E-state index in [-0.39, 0.29) is 12.4 Å². The highest BCUT2D eigenvalue weighted by Gasteiger charge is 2.20. The van der Waals surface area contributed by atoms with Crippen LogP contribution in [-0.2, 0) is 4.79 Å². The molecule has 106 valence electrons. The average Bonchev–Trinajstić information content (AvgIpc) is 2.74. The zero-order valence-electron chi connectivity index (χ0n) is 11.5. The molecule has 2 saturated heterocycles. The van der Waals surface area contributed by atoms with Crippen LogP contribution < -0.4 is 5.32 Å². The van der Waals surface area contributed by atoms with Gasteiger partial charge >= 0.3 is 0 Å². The molecule has 0 radical (unpaired) electrons. The summed E-state index contributed by atoms with van der Waals surface area (Å²) in [7, 11) is 0. The third-order valence-corrected chi connectivity index (χ3v) is 4.30. The van der Waals surface area contributed by atoms with Gasteiger partial charge in [0.1, 0.15) is 0 Å². The molecule has 18 heavy (non-hydrogen) atoms. The van der Waals surface area contributed by atoms with Gasteiger partial charge in [-0.2, -0.15) is 0 Å². The van der Waals surface area contributed by atoms with E-state index in [0.717, 1.165) is 50.9 Å². The van der Waals surface area contributed by atoms with Crippen molar-refractivity contribution in [3.05, 3.63) is 0 Å². The van der Waals surface area contributed by atoms with E-state index in [9.17, 15) is 4.79 Å². The molecule has 2 fully saturated rings. The molecule has 0 aromatic carbocycles. The van der Waals surface area contributed by atoms with E-state index in [0.29, 0.717) is 5.91 Å². The number of hydrogen-bond acceptors (Lipinski definition) is 2. The largest absolute Gasteiger partial charge is 0.343 e. The predicted octanol–water partition coefficient (Wildman–Crippen LogP) is 2.45. The summed E-state index contributed by atoms with van der Waals surface area (Å²) in [5.41, 5.74) is 0. The van der Waals surface area contributed by atoms with Gasteiger partial charge in [-0.1, -0.05) is 6.92 Å². The van der Waals surface area contributed by atoms with Crippen LogP contribution in [0.1, 0.15) is 45.4 Å². The molecule has 2 rings (SSSR count). The lowest BCUT2D eigenvalue weighted by atomic mass is 10.0. The molecule has 0 aromatic rings. The van der Waals surface area contributed by atoms with Crippen LogP contribution in [0.5, 0.6) is 0 Å². The Morgan fingerprint density at radius 1 is 1.28 bits per heavy atom. The summed E-state index contributed by atoms with van der Waals surface area (Å²) >= 11 is 0. The van der Waals surface area contributed by atoms with Crippen molar-refractivity contribution < 1.29 is 4.79 Å². The predicted molar refractivity (Wildman–Crippen MR) is 77.1 cm³/mol. The highest BCUT2D eigenvalue weighted by Crippen LogP contribution is 2.19. The minimum Gasteiger partial charge on any atom is -0.343 e. The highest BCUT2D eigenvalue weighted by molar-refractivity contribution is 5.85. The summed E-state index contributed by atoms with van der Waals surface area (Å²) in [6.45, 7) is 6.54. The van der Waals surface area contributed by atoms with Gasteiger partial charge in [0, 0.05) is 19.5 Å². The van der Waals surface area contributed by atoms with Crippen molar-refractivity contribution in [2.45, 2.75) is 45.4 Å². The lowest BCUT2D eigenvalue weighted by molar-refractivity contribution is -0.131. The third kappa shape index (κ3) is 4.77. The van der Waals surface area contributed by atoms with Gasteiger partial charge in [0.05, 0.1) is 0 Å². The van der Waals surface area contributed by atoms with E-state index in [1.807, 2.05) is 0 Å². The van der Waals surface area contributed by atoms with Crippen LogP contribution in [0.15, 0.2) is 0 Å². The molecule has 2 unspecified atom stereocenters. The zero-order valence-corrected chi connectivity index (χ0v) is 12.3. The number of hydrogen-bond donors (Lipinski definition) is 1. The number of halogens is 1. The molecule has 0 aromatic heterocycles. The first kappa shape index (κ1) is 15.8. The second-order valence-corrected chi connectivity index (χ2v) is 5.81. The van der Waals surface area contributed by atoms with Gasteiger partial charge in [0.2, 0.25) is 5.91 Å². The van der Waals surface area contributed by atoms with Crippen molar-refractivity contribution in [2.24, 2.45) is 11.8 Å². The summed E-state index contributed by atoms with van der Waals surface area (Å²) < 4.78 is 0. The average molecular weight is 275 g/mol. The molecular formula is C14H27ClN2O. The maximum Gasteiger partial charge on any atom is 0.222 e. The van der Waals surface area contributed by atoms with Crippen molar-refractivity contribution in [1.82, 2.24) is 10.2 Å². The number of likely N-dealkylation sites (tertiary alicyclic amines) is 1. The zero-order chi connectivity index (χ0) is 12.1. The third-order valence-electron chi connectivity index (χ3n) is 4.30. The summed E-state index contributed by atoms with van der Waals surface area (Å²) in [6.07, 6.45) is 6.77. The molecule has 1 amide bonds. The lowest BCUT2D eigenvalue weighted by Crippen LogP contribution is -2.32. The number of amides is 1. The lowest BCUT2D eigenvalue weighted by Gasteiger charge is -2.21. The van der Waals surface area contributed by atoms with Gasteiger partial charge in [0.15, 0.2) is 0 Å². The van der Waals surface area contributed by atoms with Crippen molar-refractivity contribution in [2.75, 3.05) is 26.2 Å². The van der Waals surface area contributed by atoms with Crippen molar-refractivity contribution in [1.29, 1.82) is 0 Å². The van der Waals surface area contributed by atoms with E-state index in [2.05, 4.69) is 17.1 Å². The maximum absolute atomic E-state index is 12.1. The van der Waals surface area contributed by atoms with Crippen LogP contribution in [0.4, 0.5) is 0 Å².